The van der Waals surface area contributed by atoms with Crippen LogP contribution in [0.1, 0.15) is 17.9 Å². The number of aromatic nitrogens is 1. The molecule has 2 amide bonds. The Morgan fingerprint density at radius 1 is 1.33 bits per heavy atom. The number of amides is 2. The summed E-state index contributed by atoms with van der Waals surface area (Å²) >= 11 is 6.18. The van der Waals surface area contributed by atoms with Crippen molar-refractivity contribution in [2.75, 3.05) is 11.9 Å². The van der Waals surface area contributed by atoms with Gasteiger partial charge in [0.25, 0.3) is 0 Å². The number of nitrogens with zero attached hydrogens (tertiary/aromatic N) is 2. The van der Waals surface area contributed by atoms with Crippen LogP contribution in [0.4, 0.5) is 5.69 Å². The second-order valence-electron chi connectivity index (χ2n) is 6.67. The van der Waals surface area contributed by atoms with Crippen molar-refractivity contribution in [3.05, 3.63) is 58.9 Å². The van der Waals surface area contributed by atoms with Crippen LogP contribution in [0.5, 0.6) is 0 Å². The molecule has 2 aromatic carbocycles. The third-order valence-corrected chi connectivity index (χ3v) is 5.04. The van der Waals surface area contributed by atoms with Gasteiger partial charge in [0.05, 0.1) is 5.92 Å². The minimum atomic E-state index is -0.394. The number of halogens is 1. The molecule has 7 heteroatoms. The van der Waals surface area contributed by atoms with E-state index in [1.165, 1.54) is 0 Å². The van der Waals surface area contributed by atoms with E-state index < -0.39 is 5.92 Å². The first-order valence-electron chi connectivity index (χ1n) is 8.69. The van der Waals surface area contributed by atoms with E-state index in [4.69, 9.17) is 16.0 Å². The maximum atomic E-state index is 12.6. The summed E-state index contributed by atoms with van der Waals surface area (Å²) in [6.07, 6.45) is 0.196. The molecule has 6 nitrogen and oxygen atoms in total. The number of oxazole rings is 1. The van der Waals surface area contributed by atoms with E-state index in [2.05, 4.69) is 10.3 Å². The predicted octanol–water partition coefficient (Wildman–Crippen LogP) is 3.78. The molecule has 1 fully saturated rings. The zero-order valence-corrected chi connectivity index (χ0v) is 15.5. The number of benzene rings is 2. The van der Waals surface area contributed by atoms with E-state index in [1.54, 1.807) is 36.1 Å². The van der Waals surface area contributed by atoms with Crippen LogP contribution in [-0.2, 0) is 16.1 Å². The Hall–Kier alpha value is -2.86. The third kappa shape index (κ3) is 3.66. The zero-order valence-electron chi connectivity index (χ0n) is 14.7. The minimum absolute atomic E-state index is 0.0438. The Morgan fingerprint density at radius 2 is 2.15 bits per heavy atom. The van der Waals surface area contributed by atoms with Crippen LogP contribution in [0, 0.1) is 12.8 Å². The number of anilines is 1. The van der Waals surface area contributed by atoms with Gasteiger partial charge in [0.15, 0.2) is 11.5 Å². The Morgan fingerprint density at radius 3 is 2.96 bits per heavy atom. The molecule has 1 saturated heterocycles. The fraction of sp³-hybridized carbons (Fsp3) is 0.250. The smallest absolute Gasteiger partial charge is 0.229 e. The maximum Gasteiger partial charge on any atom is 0.229 e. The molecule has 27 heavy (non-hydrogen) atoms. The Kier molecular flexibility index (Phi) is 4.58. The van der Waals surface area contributed by atoms with Crippen molar-refractivity contribution < 1.29 is 14.0 Å². The fourth-order valence-electron chi connectivity index (χ4n) is 3.30. The molecule has 1 unspecified atom stereocenters. The fourth-order valence-corrected chi connectivity index (χ4v) is 3.49. The molecular weight excluding hydrogens is 366 g/mol. The molecule has 2 heterocycles. The van der Waals surface area contributed by atoms with Gasteiger partial charge in [-0.05, 0) is 29.8 Å². The van der Waals surface area contributed by atoms with Gasteiger partial charge in [-0.3, -0.25) is 9.59 Å². The summed E-state index contributed by atoms with van der Waals surface area (Å²) < 4.78 is 5.44. The lowest BCUT2D eigenvalue weighted by molar-refractivity contribution is -0.128. The Bertz CT molecular complexity index is 1030. The van der Waals surface area contributed by atoms with Crippen molar-refractivity contribution in [3.63, 3.8) is 0 Å². The van der Waals surface area contributed by atoms with E-state index in [1.807, 2.05) is 18.2 Å². The first kappa shape index (κ1) is 17.5. The largest absolute Gasteiger partial charge is 0.441 e. The SMILES string of the molecule is Cc1nc2cc(NC(=O)C3CC(=O)N(Cc4ccccc4Cl)C3)ccc2o1. The van der Waals surface area contributed by atoms with Gasteiger partial charge in [-0.25, -0.2) is 4.98 Å². The summed E-state index contributed by atoms with van der Waals surface area (Å²) in [5, 5.41) is 3.50. The van der Waals surface area contributed by atoms with Gasteiger partial charge in [0.1, 0.15) is 5.52 Å². The minimum Gasteiger partial charge on any atom is -0.441 e. The van der Waals surface area contributed by atoms with Crippen molar-refractivity contribution >= 4 is 40.2 Å². The summed E-state index contributed by atoms with van der Waals surface area (Å²) in [5.74, 6) is -0.0398. The van der Waals surface area contributed by atoms with Crippen LogP contribution in [0.25, 0.3) is 11.1 Å². The highest BCUT2D eigenvalue weighted by atomic mass is 35.5. The summed E-state index contributed by atoms with van der Waals surface area (Å²) in [4.78, 5) is 30.9. The highest BCUT2D eigenvalue weighted by Gasteiger charge is 2.34. The molecule has 4 rings (SSSR count). The van der Waals surface area contributed by atoms with Crippen molar-refractivity contribution in [2.45, 2.75) is 19.9 Å². The standard InChI is InChI=1S/C20H18ClN3O3/c1-12-22-17-9-15(6-7-18(17)27-12)23-20(26)14-8-19(25)24(11-14)10-13-4-2-3-5-16(13)21/h2-7,9,14H,8,10-11H2,1H3,(H,23,26). The van der Waals surface area contributed by atoms with Gasteiger partial charge in [-0.2, -0.15) is 0 Å². The van der Waals surface area contributed by atoms with Crippen LogP contribution in [0.3, 0.4) is 0 Å². The second-order valence-corrected chi connectivity index (χ2v) is 7.08. The van der Waals surface area contributed by atoms with Crippen molar-refractivity contribution in [1.29, 1.82) is 0 Å². The number of likely N-dealkylation sites (tertiary alicyclic amines) is 1. The second kappa shape index (κ2) is 7.04. The van der Waals surface area contributed by atoms with Crippen LogP contribution in [0.15, 0.2) is 46.9 Å². The number of hydrogen-bond acceptors (Lipinski definition) is 4. The molecule has 1 aliphatic rings. The first-order valence-corrected chi connectivity index (χ1v) is 9.06. The van der Waals surface area contributed by atoms with Crippen molar-refractivity contribution in [3.8, 4) is 0 Å². The average Bonchev–Trinajstić information content (AvgIpc) is 3.18. The zero-order chi connectivity index (χ0) is 19.0. The van der Waals surface area contributed by atoms with E-state index in [9.17, 15) is 9.59 Å². The topological polar surface area (TPSA) is 75.4 Å². The molecule has 0 saturated carbocycles. The van der Waals surface area contributed by atoms with Gasteiger partial charge in [-0.1, -0.05) is 29.8 Å². The number of carbonyl (C=O) groups is 2. The lowest BCUT2D eigenvalue weighted by atomic mass is 10.1. The summed E-state index contributed by atoms with van der Waals surface area (Å²) in [6, 6.07) is 12.7. The average molecular weight is 384 g/mol. The van der Waals surface area contributed by atoms with Gasteiger partial charge in [0.2, 0.25) is 11.8 Å². The number of fused-ring (bicyclic) bond motifs is 1. The molecule has 3 aromatic rings. The van der Waals surface area contributed by atoms with Crippen LogP contribution < -0.4 is 5.32 Å². The number of rotatable bonds is 4. The number of carbonyl (C=O) groups excluding carboxylic acids is 2. The first-order chi connectivity index (χ1) is 13.0. The molecule has 0 aliphatic carbocycles. The Balaban J connectivity index is 1.43. The normalized spacial score (nSPS) is 16.9. The number of aryl methyl sites for hydroxylation is 1. The van der Waals surface area contributed by atoms with E-state index in [0.717, 1.165) is 5.56 Å². The Labute approximate surface area is 161 Å². The maximum absolute atomic E-state index is 12.6. The van der Waals surface area contributed by atoms with E-state index in [-0.39, 0.29) is 18.2 Å². The number of nitrogens with one attached hydrogen (secondary N) is 1. The lowest BCUT2D eigenvalue weighted by Crippen LogP contribution is -2.28. The van der Waals surface area contributed by atoms with Gasteiger partial charge in [0, 0.05) is 37.1 Å². The van der Waals surface area contributed by atoms with Crippen LogP contribution in [-0.4, -0.2) is 28.2 Å². The highest BCUT2D eigenvalue weighted by Crippen LogP contribution is 2.25. The summed E-state index contributed by atoms with van der Waals surface area (Å²) in [6.45, 7) is 2.56. The van der Waals surface area contributed by atoms with Gasteiger partial charge >= 0.3 is 0 Å². The van der Waals surface area contributed by atoms with E-state index in [0.29, 0.717) is 40.8 Å². The molecule has 1 aliphatic heterocycles. The summed E-state index contributed by atoms with van der Waals surface area (Å²) in [5.41, 5.74) is 2.87. The van der Waals surface area contributed by atoms with Crippen LogP contribution >= 0.6 is 11.6 Å². The molecular formula is C20H18ClN3O3. The van der Waals surface area contributed by atoms with Crippen molar-refractivity contribution in [1.82, 2.24) is 9.88 Å². The number of hydrogen-bond donors (Lipinski definition) is 1. The van der Waals surface area contributed by atoms with Gasteiger partial charge in [-0.15, -0.1) is 0 Å². The molecule has 1 atom stereocenters. The molecule has 138 valence electrons. The highest BCUT2D eigenvalue weighted by molar-refractivity contribution is 6.31. The monoisotopic (exact) mass is 383 g/mol. The molecule has 1 N–H and O–H groups in total. The third-order valence-electron chi connectivity index (χ3n) is 4.67. The predicted molar refractivity (Wildman–Crippen MR) is 102 cm³/mol. The van der Waals surface area contributed by atoms with E-state index >= 15 is 0 Å². The van der Waals surface area contributed by atoms with Gasteiger partial charge < -0.3 is 14.6 Å². The molecule has 1 aromatic heterocycles. The quantitative estimate of drug-likeness (QED) is 0.744. The molecule has 0 bridgehead atoms. The van der Waals surface area contributed by atoms with Crippen LogP contribution in [0.2, 0.25) is 5.02 Å². The molecule has 0 spiro atoms. The lowest BCUT2D eigenvalue weighted by Gasteiger charge is -2.17. The van der Waals surface area contributed by atoms with Crippen molar-refractivity contribution in [2.24, 2.45) is 5.92 Å². The summed E-state index contributed by atoms with van der Waals surface area (Å²) in [7, 11) is 0. The molecule has 0 radical (unpaired) electrons.